The van der Waals surface area contributed by atoms with E-state index >= 15 is 0 Å². The number of aliphatic carboxylic acids is 2. The molecule has 1 aromatic carbocycles. The van der Waals surface area contributed by atoms with Crippen molar-refractivity contribution in [2.24, 2.45) is 17.6 Å². The summed E-state index contributed by atoms with van der Waals surface area (Å²) in [6.07, 6.45) is 0.770. The van der Waals surface area contributed by atoms with Gasteiger partial charge in [0, 0.05) is 16.0 Å². The van der Waals surface area contributed by atoms with E-state index in [4.69, 9.17) is 34.0 Å². The van der Waals surface area contributed by atoms with Gasteiger partial charge in [0.25, 0.3) is 0 Å². The molecular formula is C14H15Cl2NO4. The summed E-state index contributed by atoms with van der Waals surface area (Å²) in [5, 5.41) is 19.2. The van der Waals surface area contributed by atoms with Crippen molar-refractivity contribution in [2.75, 3.05) is 0 Å². The zero-order valence-electron chi connectivity index (χ0n) is 11.1. The molecule has 0 aliphatic heterocycles. The predicted octanol–water partition coefficient (Wildman–Crippen LogP) is 2.43. The highest BCUT2D eigenvalue weighted by Crippen LogP contribution is 2.47. The fourth-order valence-electron chi connectivity index (χ4n) is 2.55. The standard InChI is InChI=1S/C14H15Cl2NO4/c15-8-2-1-7(11(16)5-8)3-4-14(17,13(20)21)10-6-9(10)12(18)19/h1-2,5,9-10H,3-4,6,17H2,(H,18,19)(H,20,21)/t9-,10-,14?/m0/s1. The fraction of sp³-hybridized carbons (Fsp3) is 0.429. The molecule has 0 spiro atoms. The van der Waals surface area contributed by atoms with Crippen molar-refractivity contribution in [3.63, 3.8) is 0 Å². The average Bonchev–Trinajstić information content (AvgIpc) is 3.17. The van der Waals surface area contributed by atoms with E-state index < -0.39 is 29.3 Å². The number of carboxylic acid groups (broad SMARTS) is 2. The van der Waals surface area contributed by atoms with E-state index in [1.165, 1.54) is 0 Å². The second kappa shape index (κ2) is 5.83. The lowest BCUT2D eigenvalue weighted by Crippen LogP contribution is -2.51. The molecule has 0 heterocycles. The lowest BCUT2D eigenvalue weighted by molar-refractivity contribution is -0.145. The lowest BCUT2D eigenvalue weighted by Gasteiger charge is -2.25. The highest BCUT2D eigenvalue weighted by molar-refractivity contribution is 6.35. The van der Waals surface area contributed by atoms with Crippen LogP contribution in [0.4, 0.5) is 0 Å². The normalized spacial score (nSPS) is 23.4. The number of benzene rings is 1. The summed E-state index contributed by atoms with van der Waals surface area (Å²) < 4.78 is 0. The Morgan fingerprint density at radius 2 is 2.00 bits per heavy atom. The molecule has 1 saturated carbocycles. The van der Waals surface area contributed by atoms with Gasteiger partial charge in [-0.3, -0.25) is 9.59 Å². The third kappa shape index (κ3) is 3.31. The number of rotatable bonds is 6. The lowest BCUT2D eigenvalue weighted by atomic mass is 9.86. The maximum Gasteiger partial charge on any atom is 0.324 e. The van der Waals surface area contributed by atoms with Crippen LogP contribution in [-0.4, -0.2) is 27.7 Å². The Bertz CT molecular complexity index is 592. The summed E-state index contributed by atoms with van der Waals surface area (Å²) in [5.74, 6) is -3.40. The molecule has 2 rings (SSSR count). The smallest absolute Gasteiger partial charge is 0.324 e. The number of aryl methyl sites for hydroxylation is 1. The van der Waals surface area contributed by atoms with E-state index in [1.54, 1.807) is 18.2 Å². The highest BCUT2D eigenvalue weighted by atomic mass is 35.5. The third-order valence-corrected chi connectivity index (χ3v) is 4.58. The van der Waals surface area contributed by atoms with Crippen molar-refractivity contribution in [2.45, 2.75) is 24.8 Å². The molecule has 1 unspecified atom stereocenters. The monoisotopic (exact) mass is 331 g/mol. The largest absolute Gasteiger partial charge is 0.481 e. The molecular weight excluding hydrogens is 317 g/mol. The molecule has 1 aromatic rings. The van der Waals surface area contributed by atoms with E-state index in [-0.39, 0.29) is 6.42 Å². The van der Waals surface area contributed by atoms with Crippen LogP contribution < -0.4 is 5.73 Å². The third-order valence-electron chi connectivity index (χ3n) is 3.99. The molecule has 7 heteroatoms. The van der Waals surface area contributed by atoms with Crippen molar-refractivity contribution in [3.8, 4) is 0 Å². The molecule has 0 bridgehead atoms. The SMILES string of the molecule is NC(CCc1ccc(Cl)cc1Cl)(C(=O)O)[C@H]1C[C@@H]1C(=O)O. The maximum absolute atomic E-state index is 11.5. The fourth-order valence-corrected chi connectivity index (χ4v) is 3.06. The number of carboxylic acids is 2. The number of hydrogen-bond donors (Lipinski definition) is 3. The molecule has 21 heavy (non-hydrogen) atoms. The summed E-state index contributed by atoms with van der Waals surface area (Å²) in [5.41, 5.74) is 5.16. The zero-order valence-corrected chi connectivity index (χ0v) is 12.6. The van der Waals surface area contributed by atoms with E-state index in [0.717, 1.165) is 5.56 Å². The zero-order chi connectivity index (χ0) is 15.8. The predicted molar refractivity (Wildman–Crippen MR) is 78.6 cm³/mol. The van der Waals surface area contributed by atoms with E-state index in [1.807, 2.05) is 0 Å². The van der Waals surface area contributed by atoms with Crippen LogP contribution in [0, 0.1) is 11.8 Å². The minimum absolute atomic E-state index is 0.123. The Hall–Kier alpha value is -1.30. The van der Waals surface area contributed by atoms with Crippen LogP contribution in [0.25, 0.3) is 0 Å². The number of carbonyl (C=O) groups is 2. The quantitative estimate of drug-likeness (QED) is 0.743. The van der Waals surface area contributed by atoms with Gasteiger partial charge < -0.3 is 15.9 Å². The molecule has 5 nitrogen and oxygen atoms in total. The van der Waals surface area contributed by atoms with Crippen LogP contribution >= 0.6 is 23.2 Å². The average molecular weight is 332 g/mol. The Morgan fingerprint density at radius 1 is 1.33 bits per heavy atom. The number of halogens is 2. The van der Waals surface area contributed by atoms with Gasteiger partial charge in [-0.1, -0.05) is 29.3 Å². The van der Waals surface area contributed by atoms with Gasteiger partial charge in [-0.15, -0.1) is 0 Å². The second-order valence-corrected chi connectivity index (χ2v) is 6.21. The summed E-state index contributed by atoms with van der Waals surface area (Å²) in [6, 6.07) is 4.96. The van der Waals surface area contributed by atoms with Crippen molar-refractivity contribution in [1.82, 2.24) is 0 Å². The van der Waals surface area contributed by atoms with Crippen molar-refractivity contribution >= 4 is 35.1 Å². The summed E-state index contributed by atoms with van der Waals surface area (Å²) in [6.45, 7) is 0. The van der Waals surface area contributed by atoms with E-state index in [2.05, 4.69) is 0 Å². The van der Waals surface area contributed by atoms with Crippen LogP contribution in [0.2, 0.25) is 10.0 Å². The minimum Gasteiger partial charge on any atom is -0.481 e. The van der Waals surface area contributed by atoms with E-state index in [9.17, 15) is 14.7 Å². The summed E-state index contributed by atoms with van der Waals surface area (Å²) >= 11 is 11.8. The first kappa shape index (κ1) is 16.1. The van der Waals surface area contributed by atoms with Crippen LogP contribution in [-0.2, 0) is 16.0 Å². The van der Waals surface area contributed by atoms with Crippen LogP contribution in [0.1, 0.15) is 18.4 Å². The van der Waals surface area contributed by atoms with Gasteiger partial charge in [-0.05, 0) is 37.0 Å². The Balaban J connectivity index is 2.11. The van der Waals surface area contributed by atoms with Gasteiger partial charge in [0.1, 0.15) is 5.54 Å². The van der Waals surface area contributed by atoms with Crippen molar-refractivity contribution in [1.29, 1.82) is 0 Å². The molecule has 3 atom stereocenters. The molecule has 1 fully saturated rings. The van der Waals surface area contributed by atoms with Gasteiger partial charge >= 0.3 is 11.9 Å². The van der Waals surface area contributed by atoms with Gasteiger partial charge in [0.05, 0.1) is 5.92 Å². The molecule has 0 radical (unpaired) electrons. The molecule has 4 N–H and O–H groups in total. The van der Waals surface area contributed by atoms with Gasteiger partial charge in [0.15, 0.2) is 0 Å². The first-order valence-corrected chi connectivity index (χ1v) is 7.20. The molecule has 0 amide bonds. The summed E-state index contributed by atoms with van der Waals surface area (Å²) in [4.78, 5) is 22.4. The van der Waals surface area contributed by atoms with Crippen molar-refractivity contribution < 1.29 is 19.8 Å². The van der Waals surface area contributed by atoms with Gasteiger partial charge in [-0.25, -0.2) is 0 Å². The maximum atomic E-state index is 11.5. The van der Waals surface area contributed by atoms with Gasteiger partial charge in [-0.2, -0.15) is 0 Å². The Kier molecular flexibility index (Phi) is 4.46. The molecule has 0 aromatic heterocycles. The van der Waals surface area contributed by atoms with Crippen LogP contribution in [0.15, 0.2) is 18.2 Å². The first-order valence-electron chi connectivity index (χ1n) is 6.44. The number of nitrogens with two attached hydrogens (primary N) is 1. The molecule has 114 valence electrons. The molecule has 0 saturated heterocycles. The molecule has 1 aliphatic rings. The van der Waals surface area contributed by atoms with Crippen LogP contribution in [0.5, 0.6) is 0 Å². The topological polar surface area (TPSA) is 101 Å². The van der Waals surface area contributed by atoms with Crippen LogP contribution in [0.3, 0.4) is 0 Å². The summed E-state index contributed by atoms with van der Waals surface area (Å²) in [7, 11) is 0. The minimum atomic E-state index is -1.55. The van der Waals surface area contributed by atoms with Crippen molar-refractivity contribution in [3.05, 3.63) is 33.8 Å². The first-order chi connectivity index (χ1) is 9.75. The number of hydrogen-bond acceptors (Lipinski definition) is 3. The van der Waals surface area contributed by atoms with E-state index in [0.29, 0.717) is 22.9 Å². The Labute approximate surface area is 131 Å². The van der Waals surface area contributed by atoms with Gasteiger partial charge in [0.2, 0.25) is 0 Å². The highest BCUT2D eigenvalue weighted by Gasteiger charge is 2.58. The Morgan fingerprint density at radius 3 is 2.48 bits per heavy atom. The second-order valence-electron chi connectivity index (χ2n) is 5.37. The molecule has 1 aliphatic carbocycles.